The number of nitrogens with one attached hydrogen (secondary N) is 2. The lowest BCUT2D eigenvalue weighted by Gasteiger charge is -2.45. The molecule has 1 amide bonds. The van der Waals surface area contributed by atoms with Gasteiger partial charge in [-0.2, -0.15) is 9.37 Å². The molecular formula is C21H22FN7O. The highest BCUT2D eigenvalue weighted by molar-refractivity contribution is 5.93. The Kier molecular flexibility index (Phi) is 4.02. The Labute approximate surface area is 172 Å². The number of carbonyl (C=O) groups is 1. The SMILES string of the molecule is CN(C)C(=O)C1(C)CC(Nc2ncc3c(-c4ccc5ncc(F)n5c4)c[nH]c3n2)C1. The van der Waals surface area contributed by atoms with Gasteiger partial charge in [-0.15, -0.1) is 0 Å². The molecule has 0 saturated heterocycles. The Hall–Kier alpha value is -3.49. The Balaban J connectivity index is 1.37. The monoisotopic (exact) mass is 407 g/mol. The number of pyridine rings is 1. The molecular weight excluding hydrogens is 385 g/mol. The van der Waals surface area contributed by atoms with E-state index in [1.807, 2.05) is 19.2 Å². The van der Waals surface area contributed by atoms with Crippen molar-refractivity contribution in [1.29, 1.82) is 0 Å². The average Bonchev–Trinajstić information content (AvgIpc) is 3.29. The maximum Gasteiger partial charge on any atom is 0.228 e. The molecule has 0 unspecified atom stereocenters. The molecule has 30 heavy (non-hydrogen) atoms. The smallest absolute Gasteiger partial charge is 0.228 e. The number of hydrogen-bond donors (Lipinski definition) is 2. The Morgan fingerprint density at radius 3 is 2.87 bits per heavy atom. The van der Waals surface area contributed by atoms with Gasteiger partial charge in [-0.25, -0.2) is 9.97 Å². The summed E-state index contributed by atoms with van der Waals surface area (Å²) in [4.78, 5) is 30.1. The molecule has 0 aliphatic heterocycles. The minimum Gasteiger partial charge on any atom is -0.351 e. The van der Waals surface area contributed by atoms with E-state index in [0.717, 1.165) is 29.4 Å². The largest absolute Gasteiger partial charge is 0.351 e. The second kappa shape index (κ2) is 6.51. The van der Waals surface area contributed by atoms with Gasteiger partial charge in [-0.1, -0.05) is 6.92 Å². The Morgan fingerprint density at radius 2 is 2.10 bits per heavy atom. The number of amides is 1. The van der Waals surface area contributed by atoms with Crippen molar-refractivity contribution in [2.24, 2.45) is 5.41 Å². The van der Waals surface area contributed by atoms with Gasteiger partial charge in [0, 0.05) is 55.2 Å². The van der Waals surface area contributed by atoms with E-state index in [0.29, 0.717) is 17.2 Å². The van der Waals surface area contributed by atoms with Crippen molar-refractivity contribution in [2.75, 3.05) is 19.4 Å². The van der Waals surface area contributed by atoms with Gasteiger partial charge in [0.15, 0.2) is 0 Å². The minimum atomic E-state index is -0.408. The number of carbonyl (C=O) groups excluding carboxylic acids is 1. The number of nitrogens with zero attached hydrogens (tertiary/aromatic N) is 5. The summed E-state index contributed by atoms with van der Waals surface area (Å²) in [5.74, 6) is 0.267. The molecule has 2 N–H and O–H groups in total. The quantitative estimate of drug-likeness (QED) is 0.543. The molecule has 1 aliphatic carbocycles. The molecule has 1 fully saturated rings. The van der Waals surface area contributed by atoms with Crippen molar-refractivity contribution in [1.82, 2.24) is 29.2 Å². The molecule has 4 aromatic rings. The van der Waals surface area contributed by atoms with Crippen LogP contribution in [0.15, 0.2) is 36.9 Å². The van der Waals surface area contributed by atoms with Gasteiger partial charge >= 0.3 is 0 Å². The summed E-state index contributed by atoms with van der Waals surface area (Å²) in [7, 11) is 3.57. The standard InChI is InChI=1S/C21H22FN7O/c1-21(19(30)28(2)3)6-13(7-21)26-20-25-9-15-14(8-24-18(15)27-20)12-4-5-17-23-10-16(22)29(17)11-12/h4-5,8-11,13H,6-7H2,1-3H3,(H2,24,25,26,27). The first-order valence-corrected chi connectivity index (χ1v) is 9.79. The molecule has 0 bridgehead atoms. The molecule has 0 spiro atoms. The van der Waals surface area contributed by atoms with Crippen molar-refractivity contribution in [3.63, 3.8) is 0 Å². The summed E-state index contributed by atoms with van der Waals surface area (Å²) in [6, 6.07) is 3.84. The predicted molar refractivity (Wildman–Crippen MR) is 111 cm³/mol. The summed E-state index contributed by atoms with van der Waals surface area (Å²) in [6.45, 7) is 1.99. The summed E-state index contributed by atoms with van der Waals surface area (Å²) in [5.41, 5.74) is 2.65. The van der Waals surface area contributed by atoms with Crippen LogP contribution in [0.1, 0.15) is 19.8 Å². The number of rotatable bonds is 4. The van der Waals surface area contributed by atoms with Crippen molar-refractivity contribution in [3.05, 3.63) is 42.9 Å². The first kappa shape index (κ1) is 18.5. The van der Waals surface area contributed by atoms with Crippen LogP contribution < -0.4 is 5.32 Å². The zero-order valence-corrected chi connectivity index (χ0v) is 17.0. The molecule has 0 aromatic carbocycles. The third-order valence-corrected chi connectivity index (χ3v) is 5.85. The molecule has 1 aliphatic rings. The molecule has 5 rings (SSSR count). The van der Waals surface area contributed by atoms with E-state index in [1.165, 1.54) is 10.6 Å². The van der Waals surface area contributed by atoms with E-state index in [2.05, 4.69) is 25.3 Å². The topological polar surface area (TPSA) is 91.2 Å². The summed E-state index contributed by atoms with van der Waals surface area (Å²) in [5, 5.41) is 4.17. The van der Waals surface area contributed by atoms with E-state index < -0.39 is 5.95 Å². The number of imidazole rings is 1. The first-order valence-electron chi connectivity index (χ1n) is 9.79. The molecule has 0 radical (unpaired) electrons. The maximum atomic E-state index is 13.9. The molecule has 4 heterocycles. The number of hydrogen-bond acceptors (Lipinski definition) is 5. The molecule has 0 atom stereocenters. The number of H-pyrrole nitrogens is 1. The highest BCUT2D eigenvalue weighted by atomic mass is 19.1. The van der Waals surface area contributed by atoms with Crippen LogP contribution in [-0.2, 0) is 4.79 Å². The normalized spacial score (nSPS) is 21.0. The molecule has 9 heteroatoms. The van der Waals surface area contributed by atoms with Crippen LogP contribution in [0.2, 0.25) is 0 Å². The van der Waals surface area contributed by atoms with Crippen LogP contribution >= 0.6 is 0 Å². The lowest BCUT2D eigenvalue weighted by atomic mass is 9.66. The third-order valence-electron chi connectivity index (χ3n) is 5.85. The summed E-state index contributed by atoms with van der Waals surface area (Å²) < 4.78 is 15.3. The molecule has 1 saturated carbocycles. The van der Waals surface area contributed by atoms with Crippen LogP contribution in [-0.4, -0.2) is 55.3 Å². The number of fused-ring (bicyclic) bond motifs is 2. The predicted octanol–water partition coefficient (Wildman–Crippen LogP) is 3.08. The lowest BCUT2D eigenvalue weighted by molar-refractivity contribution is -0.143. The number of halogens is 1. The van der Waals surface area contributed by atoms with Crippen LogP contribution in [0.5, 0.6) is 0 Å². The van der Waals surface area contributed by atoms with Crippen molar-refractivity contribution in [3.8, 4) is 11.1 Å². The van der Waals surface area contributed by atoms with E-state index >= 15 is 0 Å². The average molecular weight is 407 g/mol. The zero-order chi connectivity index (χ0) is 21.0. The fourth-order valence-electron chi connectivity index (χ4n) is 4.35. The number of anilines is 1. The van der Waals surface area contributed by atoms with E-state index in [4.69, 9.17) is 0 Å². The molecule has 8 nitrogen and oxygen atoms in total. The fraction of sp³-hybridized carbons (Fsp3) is 0.333. The van der Waals surface area contributed by atoms with Crippen LogP contribution in [0.3, 0.4) is 0 Å². The number of aromatic nitrogens is 5. The third kappa shape index (κ3) is 2.89. The number of aromatic amines is 1. The van der Waals surface area contributed by atoms with Gasteiger partial charge in [0.2, 0.25) is 17.8 Å². The first-order chi connectivity index (χ1) is 14.3. The Morgan fingerprint density at radius 1 is 1.30 bits per heavy atom. The Bertz CT molecular complexity index is 1270. The minimum absolute atomic E-state index is 0.150. The lowest BCUT2D eigenvalue weighted by Crippen LogP contribution is -2.52. The highest BCUT2D eigenvalue weighted by Gasteiger charge is 2.47. The summed E-state index contributed by atoms with van der Waals surface area (Å²) in [6.07, 6.45) is 8.01. The van der Waals surface area contributed by atoms with Gasteiger partial charge in [0.05, 0.1) is 11.6 Å². The van der Waals surface area contributed by atoms with Crippen molar-refractivity contribution < 1.29 is 9.18 Å². The van der Waals surface area contributed by atoms with Gasteiger partial charge in [-0.3, -0.25) is 9.20 Å². The van der Waals surface area contributed by atoms with Crippen LogP contribution in [0, 0.1) is 11.4 Å². The highest BCUT2D eigenvalue weighted by Crippen LogP contribution is 2.43. The fourth-order valence-corrected chi connectivity index (χ4v) is 4.35. The maximum absolute atomic E-state index is 13.9. The second-order valence-electron chi connectivity index (χ2n) is 8.39. The van der Waals surface area contributed by atoms with E-state index in [-0.39, 0.29) is 17.4 Å². The van der Waals surface area contributed by atoms with Gasteiger partial charge in [0.25, 0.3) is 0 Å². The second-order valence-corrected chi connectivity index (χ2v) is 8.39. The summed E-state index contributed by atoms with van der Waals surface area (Å²) >= 11 is 0. The molecule has 4 aromatic heterocycles. The van der Waals surface area contributed by atoms with Gasteiger partial charge in [0.1, 0.15) is 11.3 Å². The van der Waals surface area contributed by atoms with Crippen molar-refractivity contribution >= 4 is 28.5 Å². The van der Waals surface area contributed by atoms with E-state index in [1.54, 1.807) is 37.5 Å². The zero-order valence-electron chi connectivity index (χ0n) is 17.0. The molecule has 154 valence electrons. The van der Waals surface area contributed by atoms with Crippen molar-refractivity contribution in [2.45, 2.75) is 25.8 Å². The van der Waals surface area contributed by atoms with Gasteiger partial charge < -0.3 is 15.2 Å². The van der Waals surface area contributed by atoms with E-state index in [9.17, 15) is 9.18 Å². The van der Waals surface area contributed by atoms with Crippen LogP contribution in [0.4, 0.5) is 10.3 Å². The van der Waals surface area contributed by atoms with Crippen LogP contribution in [0.25, 0.3) is 27.8 Å². The van der Waals surface area contributed by atoms with Gasteiger partial charge in [-0.05, 0) is 25.0 Å².